The van der Waals surface area contributed by atoms with Crippen molar-refractivity contribution in [3.8, 4) is 0 Å². The quantitative estimate of drug-likeness (QED) is 0.154. The third-order valence-electron chi connectivity index (χ3n) is 4.80. The van der Waals surface area contributed by atoms with Crippen molar-refractivity contribution in [2.45, 2.75) is 0 Å². The van der Waals surface area contributed by atoms with E-state index in [-0.39, 0.29) is 0 Å². The lowest BCUT2D eigenvalue weighted by Gasteiger charge is -2.13. The largest absolute Gasteiger partial charge is 0.362 e. The maximum atomic E-state index is 8.98. The number of fused-ring (bicyclic) bond motifs is 6. The Kier molecular flexibility index (Phi) is 2.73. The molecule has 1 heterocycles. The summed E-state index contributed by atoms with van der Waals surface area (Å²) in [5.74, 6) is 0. The fourth-order valence-electron chi connectivity index (χ4n) is 3.62. The molecule has 1 radical (unpaired) electrons. The van der Waals surface area contributed by atoms with Gasteiger partial charge < -0.3 is 5.53 Å². The molecule has 0 N–H and O–H groups in total. The molecule has 4 aromatic rings. The Bertz CT molecular complexity index is 1230. The van der Waals surface area contributed by atoms with E-state index in [1.807, 2.05) is 19.4 Å². The zero-order chi connectivity index (χ0) is 16.1. The van der Waals surface area contributed by atoms with Gasteiger partial charge in [-0.3, -0.25) is 0 Å². The molecule has 4 aromatic carbocycles. The molecule has 109 valence electrons. The molecule has 0 amide bonds. The van der Waals surface area contributed by atoms with Crippen LogP contribution in [0.15, 0.2) is 66.7 Å². The first kappa shape index (κ1) is 13.3. The molecule has 0 spiro atoms. The van der Waals surface area contributed by atoms with Crippen molar-refractivity contribution in [1.29, 1.82) is 0 Å². The van der Waals surface area contributed by atoms with E-state index in [2.05, 4.69) is 65.5 Å². The molecular formula is C21H12BN2. The summed E-state index contributed by atoms with van der Waals surface area (Å²) in [6, 6.07) is 21.6. The Morgan fingerprint density at radius 1 is 0.708 bits per heavy atom. The Labute approximate surface area is 139 Å². The van der Waals surface area contributed by atoms with Gasteiger partial charge in [0.25, 0.3) is 0 Å². The molecule has 24 heavy (non-hydrogen) atoms. The maximum absolute atomic E-state index is 8.98. The molecule has 0 saturated carbocycles. The summed E-state index contributed by atoms with van der Waals surface area (Å²) in [5.41, 5.74) is 11.8. The predicted molar refractivity (Wildman–Crippen MR) is 102 cm³/mol. The zero-order valence-electron chi connectivity index (χ0n) is 12.9. The second-order valence-electron chi connectivity index (χ2n) is 6.15. The van der Waals surface area contributed by atoms with Gasteiger partial charge >= 0.3 is 7.28 Å². The van der Waals surface area contributed by atoms with Crippen molar-refractivity contribution < 1.29 is 4.79 Å². The van der Waals surface area contributed by atoms with Crippen molar-refractivity contribution in [1.82, 2.24) is 0 Å². The van der Waals surface area contributed by atoms with E-state index in [1.54, 1.807) is 0 Å². The van der Waals surface area contributed by atoms with Gasteiger partial charge in [-0.25, -0.2) is 0 Å². The van der Waals surface area contributed by atoms with Gasteiger partial charge in [-0.15, -0.1) is 0 Å². The minimum absolute atomic E-state index is 0.577. The maximum Gasteiger partial charge on any atom is 0.307 e. The highest BCUT2D eigenvalue weighted by Gasteiger charge is 2.19. The SMILES string of the molecule is [N-]=[N+]=C1[B]c2ccc3c(ccc4cc5ccccc5cc43)c2C=C1. The van der Waals surface area contributed by atoms with Crippen LogP contribution in [0.2, 0.25) is 0 Å². The summed E-state index contributed by atoms with van der Waals surface area (Å²) >= 11 is 0. The van der Waals surface area contributed by atoms with Crippen LogP contribution in [0.5, 0.6) is 0 Å². The molecule has 0 fully saturated rings. The van der Waals surface area contributed by atoms with E-state index in [9.17, 15) is 0 Å². The highest BCUT2D eigenvalue weighted by molar-refractivity contribution is 6.88. The molecule has 0 atom stereocenters. The van der Waals surface area contributed by atoms with E-state index in [0.29, 0.717) is 5.61 Å². The third-order valence-corrected chi connectivity index (χ3v) is 4.80. The van der Waals surface area contributed by atoms with Crippen LogP contribution in [0.3, 0.4) is 0 Å². The molecule has 0 bridgehead atoms. The average molecular weight is 303 g/mol. The van der Waals surface area contributed by atoms with Crippen LogP contribution >= 0.6 is 0 Å². The molecule has 0 aromatic heterocycles. The van der Waals surface area contributed by atoms with E-state index < -0.39 is 0 Å². The van der Waals surface area contributed by atoms with Gasteiger partial charge in [0.15, 0.2) is 0 Å². The Balaban J connectivity index is 1.89. The molecule has 1 aliphatic rings. The predicted octanol–water partition coefficient (Wildman–Crippen LogP) is 4.13. The molecule has 5 rings (SSSR count). The van der Waals surface area contributed by atoms with E-state index in [4.69, 9.17) is 5.53 Å². The lowest BCUT2D eigenvalue weighted by Crippen LogP contribution is -2.28. The molecule has 1 aliphatic heterocycles. The standard InChI is InChI=1S/C21H12BN2/c23-24-21-10-8-18-16-6-5-15-11-13-3-1-2-4-14(13)12-19(15)17(16)7-9-20(18)22-21/h1-12H. The normalized spacial score (nSPS) is 13.1. The van der Waals surface area contributed by atoms with Crippen molar-refractivity contribution in [2.24, 2.45) is 0 Å². The lowest BCUT2D eigenvalue weighted by atomic mass is 9.60. The highest BCUT2D eigenvalue weighted by atomic mass is 14.8. The van der Waals surface area contributed by atoms with Gasteiger partial charge in [-0.1, -0.05) is 54.0 Å². The average Bonchev–Trinajstić information content (AvgIpc) is 2.65. The number of benzene rings is 4. The minimum Gasteiger partial charge on any atom is -0.362 e. The summed E-state index contributed by atoms with van der Waals surface area (Å²) < 4.78 is 0. The van der Waals surface area contributed by atoms with Crippen molar-refractivity contribution in [3.05, 3.63) is 77.8 Å². The summed E-state index contributed by atoms with van der Waals surface area (Å²) in [5, 5.41) is 7.51. The van der Waals surface area contributed by atoms with Crippen LogP contribution in [0.1, 0.15) is 5.56 Å². The van der Waals surface area contributed by atoms with Crippen molar-refractivity contribution >= 4 is 56.7 Å². The molecule has 0 aliphatic carbocycles. The molecule has 3 heteroatoms. The number of hydrogen-bond acceptors (Lipinski definition) is 0. The second kappa shape index (κ2) is 4.92. The van der Waals surface area contributed by atoms with E-state index >= 15 is 0 Å². The fraction of sp³-hybridized carbons (Fsp3) is 0. The number of hydrogen-bond donors (Lipinski definition) is 0. The van der Waals surface area contributed by atoms with Crippen LogP contribution < -0.4 is 5.46 Å². The summed E-state index contributed by atoms with van der Waals surface area (Å²) in [6.45, 7) is 0. The van der Waals surface area contributed by atoms with Crippen LogP contribution in [0, 0.1) is 0 Å². The molecule has 0 saturated heterocycles. The van der Waals surface area contributed by atoms with E-state index in [1.165, 1.54) is 37.9 Å². The molecular weight excluding hydrogens is 291 g/mol. The van der Waals surface area contributed by atoms with Crippen LogP contribution in [-0.4, -0.2) is 17.7 Å². The first-order valence-electron chi connectivity index (χ1n) is 7.97. The molecule has 0 unspecified atom stereocenters. The van der Waals surface area contributed by atoms with Crippen LogP contribution in [-0.2, 0) is 0 Å². The second-order valence-corrected chi connectivity index (χ2v) is 6.15. The monoisotopic (exact) mass is 303 g/mol. The summed E-state index contributed by atoms with van der Waals surface area (Å²) in [7, 11) is 1.90. The van der Waals surface area contributed by atoms with E-state index in [0.717, 1.165) is 5.46 Å². The first-order chi connectivity index (χ1) is 11.8. The third kappa shape index (κ3) is 1.86. The van der Waals surface area contributed by atoms with Gasteiger partial charge in [-0.05, 0) is 56.1 Å². The van der Waals surface area contributed by atoms with Gasteiger partial charge in [0.1, 0.15) is 0 Å². The Hall–Kier alpha value is -3.16. The number of rotatable bonds is 0. The summed E-state index contributed by atoms with van der Waals surface area (Å²) in [6.07, 6.45) is 3.87. The van der Waals surface area contributed by atoms with Crippen molar-refractivity contribution in [2.75, 3.05) is 0 Å². The van der Waals surface area contributed by atoms with Gasteiger partial charge in [-0.2, -0.15) is 4.79 Å². The molecule has 2 nitrogen and oxygen atoms in total. The fourth-order valence-corrected chi connectivity index (χ4v) is 3.62. The lowest BCUT2D eigenvalue weighted by molar-refractivity contribution is 0.00120. The number of allylic oxidation sites excluding steroid dienone is 1. The number of nitrogens with zero attached hydrogens (tertiary/aromatic N) is 2. The van der Waals surface area contributed by atoms with Crippen molar-refractivity contribution in [3.63, 3.8) is 0 Å². The highest BCUT2D eigenvalue weighted by Crippen LogP contribution is 2.31. The van der Waals surface area contributed by atoms with Gasteiger partial charge in [0.05, 0.1) is 0 Å². The van der Waals surface area contributed by atoms with Gasteiger partial charge in [0.2, 0.25) is 5.61 Å². The Morgan fingerprint density at radius 3 is 2.33 bits per heavy atom. The first-order valence-corrected chi connectivity index (χ1v) is 7.97. The smallest absolute Gasteiger partial charge is 0.307 e. The summed E-state index contributed by atoms with van der Waals surface area (Å²) in [4.78, 5) is 3.28. The van der Waals surface area contributed by atoms with Gasteiger partial charge in [0, 0.05) is 6.08 Å². The Morgan fingerprint density at radius 2 is 1.50 bits per heavy atom. The van der Waals surface area contributed by atoms with Crippen LogP contribution in [0.25, 0.3) is 43.9 Å². The minimum atomic E-state index is 0.577. The zero-order valence-corrected chi connectivity index (χ0v) is 12.9. The van der Waals surface area contributed by atoms with Crippen LogP contribution in [0.4, 0.5) is 0 Å². The topological polar surface area (TPSA) is 36.4 Å².